The number of benzene rings is 7. The SMILES string of the molecule is Cc1cccc(-c2ccc(-c3cc(-c4ccc(-c5cccc(C)c5)cc4)cc(-c4ccc(-c5cccc(C)c5)cc4)c3)cc2)c1. The van der Waals surface area contributed by atoms with Crippen molar-refractivity contribution in [3.05, 3.63) is 180 Å². The van der Waals surface area contributed by atoms with Crippen LogP contribution in [0.2, 0.25) is 0 Å². The topological polar surface area (TPSA) is 0 Å². The lowest BCUT2D eigenvalue weighted by Crippen LogP contribution is -1.88. The van der Waals surface area contributed by atoms with Crippen molar-refractivity contribution in [1.29, 1.82) is 0 Å². The van der Waals surface area contributed by atoms with Crippen molar-refractivity contribution in [3.8, 4) is 66.8 Å². The van der Waals surface area contributed by atoms with Gasteiger partial charge in [0.1, 0.15) is 0 Å². The molecule has 0 aliphatic rings. The summed E-state index contributed by atoms with van der Waals surface area (Å²) in [5.74, 6) is 0. The Morgan fingerprint density at radius 2 is 0.422 bits per heavy atom. The molecule has 0 heteroatoms. The lowest BCUT2D eigenvalue weighted by Gasteiger charge is -2.13. The Hall–Kier alpha value is -5.46. The van der Waals surface area contributed by atoms with E-state index in [1.165, 1.54) is 83.5 Å². The van der Waals surface area contributed by atoms with Crippen LogP contribution in [0.25, 0.3) is 66.8 Å². The Morgan fingerprint density at radius 3 is 0.644 bits per heavy atom. The molecule has 216 valence electrons. The zero-order valence-electron chi connectivity index (χ0n) is 26.1. The highest BCUT2D eigenvalue weighted by molar-refractivity contribution is 5.83. The van der Waals surface area contributed by atoms with Crippen LogP contribution in [0.4, 0.5) is 0 Å². The van der Waals surface area contributed by atoms with E-state index in [9.17, 15) is 0 Å². The first-order valence-corrected chi connectivity index (χ1v) is 15.7. The van der Waals surface area contributed by atoms with Gasteiger partial charge in [-0.25, -0.2) is 0 Å². The zero-order valence-corrected chi connectivity index (χ0v) is 26.1. The predicted molar refractivity (Wildman–Crippen MR) is 193 cm³/mol. The summed E-state index contributed by atoms with van der Waals surface area (Å²) in [6.45, 7) is 6.43. The first-order valence-electron chi connectivity index (χ1n) is 15.7. The molecule has 7 aromatic rings. The molecule has 0 aliphatic carbocycles. The molecule has 0 bridgehead atoms. The van der Waals surface area contributed by atoms with Crippen LogP contribution in [0.5, 0.6) is 0 Å². The summed E-state index contributed by atoms with van der Waals surface area (Å²) in [7, 11) is 0. The fourth-order valence-electron chi connectivity index (χ4n) is 6.17. The molecule has 0 aliphatic heterocycles. The highest BCUT2D eigenvalue weighted by Gasteiger charge is 2.10. The van der Waals surface area contributed by atoms with Gasteiger partial charge in [-0.3, -0.25) is 0 Å². The largest absolute Gasteiger partial charge is 0.0614 e. The normalized spacial score (nSPS) is 11.0. The summed E-state index contributed by atoms with van der Waals surface area (Å²) < 4.78 is 0. The maximum atomic E-state index is 2.33. The number of hydrogen-bond acceptors (Lipinski definition) is 0. The van der Waals surface area contributed by atoms with Crippen LogP contribution in [0.3, 0.4) is 0 Å². The van der Waals surface area contributed by atoms with Gasteiger partial charge in [-0.15, -0.1) is 0 Å². The molecule has 0 N–H and O–H groups in total. The molecule has 0 nitrogen and oxygen atoms in total. The lowest BCUT2D eigenvalue weighted by atomic mass is 9.91. The van der Waals surface area contributed by atoms with E-state index in [1.54, 1.807) is 0 Å². The van der Waals surface area contributed by atoms with Gasteiger partial charge in [-0.2, -0.15) is 0 Å². The van der Waals surface area contributed by atoms with Gasteiger partial charge in [0.2, 0.25) is 0 Å². The van der Waals surface area contributed by atoms with Crippen molar-refractivity contribution in [1.82, 2.24) is 0 Å². The molecule has 0 amide bonds. The van der Waals surface area contributed by atoms with Gasteiger partial charge in [0.25, 0.3) is 0 Å². The summed E-state index contributed by atoms with van der Waals surface area (Å²) in [6, 6.07) is 60.0. The molecule has 0 atom stereocenters. The summed E-state index contributed by atoms with van der Waals surface area (Å²) in [5.41, 5.74) is 18.5. The van der Waals surface area contributed by atoms with E-state index < -0.39 is 0 Å². The fourth-order valence-corrected chi connectivity index (χ4v) is 6.17. The molecule has 0 fully saturated rings. The van der Waals surface area contributed by atoms with E-state index >= 15 is 0 Å². The van der Waals surface area contributed by atoms with E-state index in [4.69, 9.17) is 0 Å². The highest BCUT2D eigenvalue weighted by atomic mass is 14.1. The average molecular weight is 577 g/mol. The van der Waals surface area contributed by atoms with Gasteiger partial charge in [-0.05, 0) is 106 Å². The Balaban J connectivity index is 1.28. The van der Waals surface area contributed by atoms with E-state index in [2.05, 4.69) is 185 Å². The maximum absolute atomic E-state index is 2.33. The van der Waals surface area contributed by atoms with Crippen LogP contribution >= 0.6 is 0 Å². The standard InChI is InChI=1S/C45H36/c1-31-7-4-10-40(25-31)34-13-19-37(20-14-34)43-28-44(38-21-15-35(16-22-38)41-11-5-8-32(2)26-41)30-45(29-43)39-23-17-36(18-24-39)42-12-6-9-33(3)27-42/h4-30H,1-3H3. The monoisotopic (exact) mass is 576 g/mol. The lowest BCUT2D eigenvalue weighted by molar-refractivity contribution is 1.46. The zero-order chi connectivity index (χ0) is 30.8. The van der Waals surface area contributed by atoms with Crippen LogP contribution in [0, 0.1) is 20.8 Å². The third-order valence-electron chi connectivity index (χ3n) is 8.64. The summed E-state index contributed by atoms with van der Waals surface area (Å²) in [5, 5.41) is 0. The first-order chi connectivity index (χ1) is 22.0. The molecule has 0 saturated heterocycles. The van der Waals surface area contributed by atoms with Crippen molar-refractivity contribution in [2.45, 2.75) is 20.8 Å². The van der Waals surface area contributed by atoms with Crippen LogP contribution in [-0.2, 0) is 0 Å². The minimum Gasteiger partial charge on any atom is -0.0614 e. The van der Waals surface area contributed by atoms with E-state index in [0.717, 1.165) is 0 Å². The summed E-state index contributed by atoms with van der Waals surface area (Å²) in [4.78, 5) is 0. The molecule has 0 radical (unpaired) electrons. The van der Waals surface area contributed by atoms with Gasteiger partial charge in [0.15, 0.2) is 0 Å². The second-order valence-corrected chi connectivity index (χ2v) is 12.1. The third-order valence-corrected chi connectivity index (χ3v) is 8.64. The molecule has 0 saturated carbocycles. The van der Waals surface area contributed by atoms with Crippen molar-refractivity contribution < 1.29 is 0 Å². The molecule has 7 aromatic carbocycles. The van der Waals surface area contributed by atoms with Crippen LogP contribution in [0.1, 0.15) is 16.7 Å². The molecule has 45 heavy (non-hydrogen) atoms. The Morgan fingerprint density at radius 1 is 0.200 bits per heavy atom. The molecule has 7 rings (SSSR count). The molecular formula is C45H36. The second-order valence-electron chi connectivity index (χ2n) is 12.1. The average Bonchev–Trinajstić information content (AvgIpc) is 3.08. The maximum Gasteiger partial charge on any atom is -0.0172 e. The van der Waals surface area contributed by atoms with E-state index in [1.807, 2.05) is 0 Å². The minimum absolute atomic E-state index is 1.21. The van der Waals surface area contributed by atoms with Crippen molar-refractivity contribution in [2.75, 3.05) is 0 Å². The van der Waals surface area contributed by atoms with Gasteiger partial charge < -0.3 is 0 Å². The first kappa shape index (κ1) is 28.3. The van der Waals surface area contributed by atoms with Gasteiger partial charge >= 0.3 is 0 Å². The number of aryl methyl sites for hydroxylation is 3. The quantitative estimate of drug-likeness (QED) is 0.185. The molecule has 0 spiro atoms. The summed E-state index contributed by atoms with van der Waals surface area (Å²) >= 11 is 0. The second kappa shape index (κ2) is 12.3. The minimum atomic E-state index is 1.21. The fraction of sp³-hybridized carbons (Fsp3) is 0.0667. The predicted octanol–water partition coefficient (Wildman–Crippen LogP) is 12.6. The van der Waals surface area contributed by atoms with Gasteiger partial charge in [-0.1, -0.05) is 162 Å². The Kier molecular flexibility index (Phi) is 7.72. The molecular weight excluding hydrogens is 540 g/mol. The Labute approximate surface area is 267 Å². The Bertz CT molecular complexity index is 1840. The van der Waals surface area contributed by atoms with Gasteiger partial charge in [0.05, 0.1) is 0 Å². The number of hydrogen-bond donors (Lipinski definition) is 0. The van der Waals surface area contributed by atoms with Gasteiger partial charge in [0, 0.05) is 0 Å². The molecule has 0 heterocycles. The van der Waals surface area contributed by atoms with E-state index in [0.29, 0.717) is 0 Å². The summed E-state index contributed by atoms with van der Waals surface area (Å²) in [6.07, 6.45) is 0. The molecule has 0 unspecified atom stereocenters. The van der Waals surface area contributed by atoms with E-state index in [-0.39, 0.29) is 0 Å². The van der Waals surface area contributed by atoms with Crippen LogP contribution in [-0.4, -0.2) is 0 Å². The van der Waals surface area contributed by atoms with Crippen LogP contribution in [0.15, 0.2) is 164 Å². The highest BCUT2D eigenvalue weighted by Crippen LogP contribution is 2.35. The van der Waals surface area contributed by atoms with Crippen molar-refractivity contribution in [3.63, 3.8) is 0 Å². The number of rotatable bonds is 6. The van der Waals surface area contributed by atoms with Crippen molar-refractivity contribution >= 4 is 0 Å². The third kappa shape index (κ3) is 6.28. The van der Waals surface area contributed by atoms with Crippen LogP contribution < -0.4 is 0 Å². The molecule has 0 aromatic heterocycles. The van der Waals surface area contributed by atoms with Crippen molar-refractivity contribution in [2.24, 2.45) is 0 Å². The smallest absolute Gasteiger partial charge is 0.0172 e.